The van der Waals surface area contributed by atoms with Gasteiger partial charge < -0.3 is 14.2 Å². The minimum absolute atomic E-state index is 0.154. The lowest BCUT2D eigenvalue weighted by molar-refractivity contribution is -0.145. The lowest BCUT2D eigenvalue weighted by Crippen LogP contribution is -2.15. The van der Waals surface area contributed by atoms with Crippen molar-refractivity contribution in [2.24, 2.45) is 0 Å². The van der Waals surface area contributed by atoms with Gasteiger partial charge in [-0.05, 0) is 26.0 Å². The summed E-state index contributed by atoms with van der Waals surface area (Å²) in [7, 11) is 0. The van der Waals surface area contributed by atoms with Gasteiger partial charge >= 0.3 is 5.97 Å². The second-order valence-corrected chi connectivity index (χ2v) is 3.91. The molecule has 0 amide bonds. The molecule has 1 aromatic carbocycles. The van der Waals surface area contributed by atoms with Crippen molar-refractivity contribution < 1.29 is 23.8 Å². The molecule has 5 nitrogen and oxygen atoms in total. The number of rotatable bonds is 8. The Hall–Kier alpha value is -2.30. The van der Waals surface area contributed by atoms with E-state index in [1.807, 2.05) is 0 Å². The normalized spacial score (nSPS) is 9.70. The van der Waals surface area contributed by atoms with E-state index in [1.54, 1.807) is 31.2 Å². The van der Waals surface area contributed by atoms with Crippen molar-refractivity contribution in [3.8, 4) is 11.5 Å². The summed E-state index contributed by atoms with van der Waals surface area (Å²) in [5.41, 5.74) is 0.389. The second kappa shape index (κ2) is 7.99. The maximum atomic E-state index is 11.5. The molecule has 0 fully saturated rings. The standard InChI is InChI=1S/C15H18O5/c1-4-8-19-12-6-7-13(11(3)16)14(9-12)20-10-15(17)18-5-2/h4,6-7,9H,1,5,8,10H2,2-3H3. The molecule has 0 unspecified atom stereocenters. The molecule has 5 heteroatoms. The summed E-state index contributed by atoms with van der Waals surface area (Å²) in [4.78, 5) is 22.8. The van der Waals surface area contributed by atoms with Gasteiger partial charge in [-0.25, -0.2) is 4.79 Å². The third-order valence-electron chi connectivity index (χ3n) is 2.35. The van der Waals surface area contributed by atoms with Crippen LogP contribution in [0.5, 0.6) is 11.5 Å². The highest BCUT2D eigenvalue weighted by Gasteiger charge is 2.12. The van der Waals surface area contributed by atoms with E-state index in [2.05, 4.69) is 6.58 Å². The number of esters is 1. The van der Waals surface area contributed by atoms with Crippen LogP contribution in [-0.2, 0) is 9.53 Å². The molecule has 0 saturated carbocycles. The average Bonchev–Trinajstić information content (AvgIpc) is 2.43. The fraction of sp³-hybridized carbons (Fsp3) is 0.333. The fourth-order valence-corrected chi connectivity index (χ4v) is 1.50. The first-order valence-electron chi connectivity index (χ1n) is 6.25. The van der Waals surface area contributed by atoms with E-state index >= 15 is 0 Å². The number of benzene rings is 1. The van der Waals surface area contributed by atoms with Crippen molar-refractivity contribution >= 4 is 11.8 Å². The van der Waals surface area contributed by atoms with Crippen LogP contribution in [-0.4, -0.2) is 31.6 Å². The molecule has 0 spiro atoms. The maximum absolute atomic E-state index is 11.5. The Morgan fingerprint density at radius 3 is 2.65 bits per heavy atom. The molecule has 0 saturated heterocycles. The van der Waals surface area contributed by atoms with Crippen LogP contribution in [0.3, 0.4) is 0 Å². The van der Waals surface area contributed by atoms with Crippen molar-refractivity contribution in [3.05, 3.63) is 36.4 Å². The molecular weight excluding hydrogens is 260 g/mol. The van der Waals surface area contributed by atoms with E-state index in [-0.39, 0.29) is 19.0 Å². The molecule has 0 radical (unpaired) electrons. The number of carbonyl (C=O) groups excluding carboxylic acids is 2. The van der Waals surface area contributed by atoms with Crippen LogP contribution < -0.4 is 9.47 Å². The SMILES string of the molecule is C=CCOc1ccc(C(C)=O)c(OCC(=O)OCC)c1. The maximum Gasteiger partial charge on any atom is 0.344 e. The predicted octanol–water partition coefficient (Wildman–Crippen LogP) is 2.40. The summed E-state index contributed by atoms with van der Waals surface area (Å²) in [6.45, 7) is 7.07. The number of carbonyl (C=O) groups is 2. The first kappa shape index (κ1) is 15.8. The van der Waals surface area contributed by atoms with Gasteiger partial charge in [0.1, 0.15) is 18.1 Å². The van der Waals surface area contributed by atoms with Gasteiger partial charge in [0.05, 0.1) is 12.2 Å². The van der Waals surface area contributed by atoms with E-state index in [9.17, 15) is 9.59 Å². The van der Waals surface area contributed by atoms with Crippen LogP contribution in [0.2, 0.25) is 0 Å². The van der Waals surface area contributed by atoms with Gasteiger partial charge in [-0.1, -0.05) is 12.7 Å². The highest BCUT2D eigenvalue weighted by Crippen LogP contribution is 2.25. The van der Waals surface area contributed by atoms with Crippen LogP contribution >= 0.6 is 0 Å². The summed E-state index contributed by atoms with van der Waals surface area (Å²) in [5.74, 6) is 0.194. The van der Waals surface area contributed by atoms with Gasteiger partial charge in [-0.15, -0.1) is 0 Å². The first-order valence-corrected chi connectivity index (χ1v) is 6.25. The molecule has 0 aromatic heterocycles. The highest BCUT2D eigenvalue weighted by molar-refractivity contribution is 5.97. The summed E-state index contributed by atoms with van der Waals surface area (Å²) < 4.78 is 15.5. The van der Waals surface area contributed by atoms with E-state index in [0.717, 1.165) is 0 Å². The molecule has 1 aromatic rings. The van der Waals surface area contributed by atoms with Crippen molar-refractivity contribution in [3.63, 3.8) is 0 Å². The Bertz CT molecular complexity index is 493. The Labute approximate surface area is 118 Å². The molecule has 0 bridgehead atoms. The molecule has 0 aliphatic carbocycles. The van der Waals surface area contributed by atoms with Crippen LogP contribution in [0.1, 0.15) is 24.2 Å². The van der Waals surface area contributed by atoms with Gasteiger partial charge in [-0.3, -0.25) is 4.79 Å². The Balaban J connectivity index is 2.85. The van der Waals surface area contributed by atoms with Gasteiger partial charge in [0.15, 0.2) is 12.4 Å². The lowest BCUT2D eigenvalue weighted by Gasteiger charge is -2.11. The average molecular weight is 278 g/mol. The number of ether oxygens (including phenoxy) is 3. The second-order valence-electron chi connectivity index (χ2n) is 3.91. The van der Waals surface area contributed by atoms with Crippen LogP contribution in [0, 0.1) is 0 Å². The van der Waals surface area contributed by atoms with Crippen LogP contribution in [0.4, 0.5) is 0 Å². The molecular formula is C15H18O5. The summed E-state index contributed by atoms with van der Waals surface area (Å²) in [6, 6.07) is 4.83. The van der Waals surface area contributed by atoms with Crippen molar-refractivity contribution in [1.29, 1.82) is 0 Å². The fourth-order valence-electron chi connectivity index (χ4n) is 1.50. The minimum atomic E-state index is -0.487. The Kier molecular flexibility index (Phi) is 6.29. The molecule has 1 rings (SSSR count). The molecule has 108 valence electrons. The first-order chi connectivity index (χ1) is 9.58. The van der Waals surface area contributed by atoms with Crippen molar-refractivity contribution in [2.75, 3.05) is 19.8 Å². The Morgan fingerprint density at radius 1 is 1.30 bits per heavy atom. The van der Waals surface area contributed by atoms with Crippen LogP contribution in [0.15, 0.2) is 30.9 Å². The highest BCUT2D eigenvalue weighted by atomic mass is 16.6. The summed E-state index contributed by atoms with van der Waals surface area (Å²) in [6.07, 6.45) is 1.61. The molecule has 0 aliphatic heterocycles. The number of ketones is 1. The summed E-state index contributed by atoms with van der Waals surface area (Å²) >= 11 is 0. The zero-order valence-corrected chi connectivity index (χ0v) is 11.7. The van der Waals surface area contributed by atoms with Crippen molar-refractivity contribution in [2.45, 2.75) is 13.8 Å². The third-order valence-corrected chi connectivity index (χ3v) is 2.35. The zero-order chi connectivity index (χ0) is 15.0. The number of Topliss-reactive ketones (excluding diaryl/α,β-unsaturated/α-hetero) is 1. The van der Waals surface area contributed by atoms with Gasteiger partial charge in [-0.2, -0.15) is 0 Å². The topological polar surface area (TPSA) is 61.8 Å². The third kappa shape index (κ3) is 4.76. The van der Waals surface area contributed by atoms with E-state index in [4.69, 9.17) is 14.2 Å². The molecule has 0 aliphatic rings. The van der Waals surface area contributed by atoms with E-state index < -0.39 is 5.97 Å². The number of hydrogen-bond acceptors (Lipinski definition) is 5. The van der Waals surface area contributed by atoms with Gasteiger partial charge in [0, 0.05) is 6.07 Å². The Morgan fingerprint density at radius 2 is 2.05 bits per heavy atom. The monoisotopic (exact) mass is 278 g/mol. The lowest BCUT2D eigenvalue weighted by atomic mass is 10.1. The predicted molar refractivity (Wildman–Crippen MR) is 74.3 cm³/mol. The largest absolute Gasteiger partial charge is 0.489 e. The number of hydrogen-bond donors (Lipinski definition) is 0. The minimum Gasteiger partial charge on any atom is -0.489 e. The quantitative estimate of drug-likeness (QED) is 0.415. The van der Waals surface area contributed by atoms with Crippen molar-refractivity contribution in [1.82, 2.24) is 0 Å². The zero-order valence-electron chi connectivity index (χ0n) is 11.7. The summed E-state index contributed by atoms with van der Waals surface area (Å²) in [5, 5.41) is 0. The van der Waals surface area contributed by atoms with Crippen LogP contribution in [0.25, 0.3) is 0 Å². The molecule has 20 heavy (non-hydrogen) atoms. The molecule has 0 heterocycles. The van der Waals surface area contributed by atoms with E-state index in [0.29, 0.717) is 23.7 Å². The van der Waals surface area contributed by atoms with E-state index in [1.165, 1.54) is 6.92 Å². The van der Waals surface area contributed by atoms with Gasteiger partial charge in [0.25, 0.3) is 0 Å². The van der Waals surface area contributed by atoms with Gasteiger partial charge in [0.2, 0.25) is 0 Å². The smallest absolute Gasteiger partial charge is 0.344 e. The molecule has 0 N–H and O–H groups in total. The molecule has 0 atom stereocenters.